The van der Waals surface area contributed by atoms with Gasteiger partial charge in [-0.25, -0.2) is 12.7 Å². The number of hydrogen-bond donors (Lipinski definition) is 1. The standard InChI is InChI=1S/C25H33F2N3O5S/c1-16(2)18-8-6-7-9-19(18)25(14-12-17(13-15-25)36(32,33)30(3)4)23(31)28-20-10-11-21(34-5)29-22(20)35-24(26)27/h6-11,16-17,24H,12-15H2,1-5H3,(H,28,31). The molecule has 0 radical (unpaired) electrons. The molecule has 8 nitrogen and oxygen atoms in total. The van der Waals surface area contributed by atoms with E-state index in [9.17, 15) is 22.0 Å². The van der Waals surface area contributed by atoms with Gasteiger partial charge in [0.25, 0.3) is 0 Å². The number of anilines is 1. The number of aromatic nitrogens is 1. The molecule has 1 saturated carbocycles. The third-order valence-corrected chi connectivity index (χ3v) is 9.07. The number of rotatable bonds is 9. The largest absolute Gasteiger partial charge is 0.481 e. The third kappa shape index (κ3) is 5.62. The molecule has 0 atom stereocenters. The van der Waals surface area contributed by atoms with E-state index in [-0.39, 0.29) is 43.2 Å². The number of benzene rings is 1. The molecule has 1 aliphatic rings. The molecule has 0 bridgehead atoms. The van der Waals surface area contributed by atoms with Crippen LogP contribution in [-0.4, -0.2) is 56.7 Å². The van der Waals surface area contributed by atoms with Crippen molar-refractivity contribution >= 4 is 21.6 Å². The summed E-state index contributed by atoms with van der Waals surface area (Å²) in [5, 5.41) is 2.13. The van der Waals surface area contributed by atoms with E-state index in [2.05, 4.69) is 15.0 Å². The fraction of sp³-hybridized carbons (Fsp3) is 0.520. The van der Waals surface area contributed by atoms with Crippen molar-refractivity contribution in [2.24, 2.45) is 0 Å². The number of hydrogen-bond acceptors (Lipinski definition) is 6. The van der Waals surface area contributed by atoms with Crippen LogP contribution in [0.3, 0.4) is 0 Å². The van der Waals surface area contributed by atoms with Crippen LogP contribution in [0.2, 0.25) is 0 Å². The number of amides is 1. The molecule has 1 aromatic heterocycles. The SMILES string of the molecule is COc1ccc(NC(=O)C2(c3ccccc3C(C)C)CCC(S(=O)(=O)N(C)C)CC2)c(OC(F)F)n1. The van der Waals surface area contributed by atoms with Crippen LogP contribution in [0.15, 0.2) is 36.4 Å². The molecule has 3 rings (SSSR count). The van der Waals surface area contributed by atoms with Crippen LogP contribution in [0.4, 0.5) is 14.5 Å². The number of alkyl halides is 2. The molecule has 1 aromatic carbocycles. The molecule has 1 heterocycles. The predicted octanol–water partition coefficient (Wildman–Crippen LogP) is 4.53. The van der Waals surface area contributed by atoms with Gasteiger partial charge >= 0.3 is 6.61 Å². The number of carbonyl (C=O) groups excluding carboxylic acids is 1. The summed E-state index contributed by atoms with van der Waals surface area (Å²) in [6.07, 6.45) is 1.10. The zero-order valence-electron chi connectivity index (χ0n) is 21.1. The summed E-state index contributed by atoms with van der Waals surface area (Å²) in [7, 11) is 0.840. The Bertz CT molecular complexity index is 1180. The molecule has 11 heteroatoms. The lowest BCUT2D eigenvalue weighted by Crippen LogP contribution is -2.47. The van der Waals surface area contributed by atoms with Gasteiger partial charge < -0.3 is 14.8 Å². The van der Waals surface area contributed by atoms with Gasteiger partial charge in [-0.1, -0.05) is 38.1 Å². The van der Waals surface area contributed by atoms with E-state index in [1.807, 2.05) is 38.1 Å². The number of pyridine rings is 1. The molecule has 1 N–H and O–H groups in total. The monoisotopic (exact) mass is 525 g/mol. The highest BCUT2D eigenvalue weighted by molar-refractivity contribution is 7.89. The smallest absolute Gasteiger partial charge is 0.388 e. The van der Waals surface area contributed by atoms with Gasteiger partial charge in [0.15, 0.2) is 0 Å². The van der Waals surface area contributed by atoms with Crippen molar-refractivity contribution < 1.29 is 31.5 Å². The molecule has 0 spiro atoms. The van der Waals surface area contributed by atoms with E-state index < -0.39 is 39.1 Å². The minimum atomic E-state index is -3.50. The molecule has 0 unspecified atom stereocenters. The summed E-state index contributed by atoms with van der Waals surface area (Å²) in [6.45, 7) is 0.894. The number of nitrogens with zero attached hydrogens (tertiary/aromatic N) is 2. The average Bonchev–Trinajstić information content (AvgIpc) is 2.84. The Kier molecular flexibility index (Phi) is 8.55. The number of sulfonamides is 1. The average molecular weight is 526 g/mol. The van der Waals surface area contributed by atoms with Crippen LogP contribution in [-0.2, 0) is 20.2 Å². The molecule has 1 aliphatic carbocycles. The van der Waals surface area contributed by atoms with Crippen molar-refractivity contribution in [2.45, 2.75) is 62.7 Å². The van der Waals surface area contributed by atoms with Crippen molar-refractivity contribution in [1.82, 2.24) is 9.29 Å². The van der Waals surface area contributed by atoms with Gasteiger partial charge in [-0.2, -0.15) is 13.8 Å². The third-order valence-electron chi connectivity index (χ3n) is 6.74. The Morgan fingerprint density at radius 3 is 2.33 bits per heavy atom. The van der Waals surface area contributed by atoms with Crippen LogP contribution in [0.5, 0.6) is 11.8 Å². The summed E-state index contributed by atoms with van der Waals surface area (Å²) in [6, 6.07) is 10.4. The van der Waals surface area contributed by atoms with Crippen LogP contribution in [0, 0.1) is 0 Å². The van der Waals surface area contributed by atoms with Gasteiger partial charge in [0, 0.05) is 20.2 Å². The molecule has 1 fully saturated rings. The van der Waals surface area contributed by atoms with Crippen LogP contribution in [0.25, 0.3) is 0 Å². The van der Waals surface area contributed by atoms with Gasteiger partial charge in [0.1, 0.15) is 5.69 Å². The van der Waals surface area contributed by atoms with Crippen molar-refractivity contribution in [1.29, 1.82) is 0 Å². The minimum absolute atomic E-state index is 0.0226. The van der Waals surface area contributed by atoms with E-state index in [1.54, 1.807) is 0 Å². The van der Waals surface area contributed by atoms with E-state index in [4.69, 9.17) is 4.74 Å². The fourth-order valence-corrected chi connectivity index (χ4v) is 6.21. The highest BCUT2D eigenvalue weighted by Gasteiger charge is 2.47. The van der Waals surface area contributed by atoms with Gasteiger partial charge in [0.05, 0.1) is 17.8 Å². The summed E-state index contributed by atoms with van der Waals surface area (Å²) in [5.74, 6) is -0.733. The quantitative estimate of drug-likeness (QED) is 0.517. The number of methoxy groups -OCH3 is 1. The number of ether oxygens (including phenoxy) is 2. The molecule has 0 saturated heterocycles. The molecule has 1 amide bonds. The van der Waals surface area contributed by atoms with E-state index in [0.717, 1.165) is 11.1 Å². The minimum Gasteiger partial charge on any atom is -0.481 e. The van der Waals surface area contributed by atoms with Crippen molar-refractivity contribution in [2.75, 3.05) is 26.5 Å². The normalized spacial score (nSPS) is 20.6. The van der Waals surface area contributed by atoms with Gasteiger partial charge in [-0.15, -0.1) is 0 Å². The topological polar surface area (TPSA) is 97.8 Å². The summed E-state index contributed by atoms with van der Waals surface area (Å²) >= 11 is 0. The van der Waals surface area contributed by atoms with E-state index in [0.29, 0.717) is 0 Å². The number of halogens is 2. The second kappa shape index (κ2) is 11.1. The first-order valence-electron chi connectivity index (χ1n) is 11.7. The molecular weight excluding hydrogens is 492 g/mol. The van der Waals surface area contributed by atoms with Crippen LogP contribution in [0.1, 0.15) is 56.6 Å². The fourth-order valence-electron chi connectivity index (χ4n) is 4.78. The molecule has 2 aromatic rings. The molecular formula is C25H33F2N3O5S. The van der Waals surface area contributed by atoms with Crippen LogP contribution >= 0.6 is 0 Å². The Balaban J connectivity index is 2.04. The molecule has 36 heavy (non-hydrogen) atoms. The molecule has 198 valence electrons. The maximum atomic E-state index is 14.0. The highest BCUT2D eigenvalue weighted by Crippen LogP contribution is 2.45. The van der Waals surface area contributed by atoms with E-state index >= 15 is 0 Å². The second-order valence-corrected chi connectivity index (χ2v) is 11.8. The summed E-state index contributed by atoms with van der Waals surface area (Å²) < 4.78 is 62.4. The van der Waals surface area contributed by atoms with Crippen molar-refractivity contribution in [3.63, 3.8) is 0 Å². The van der Waals surface area contributed by atoms with Gasteiger partial charge in [-0.05, 0) is 48.8 Å². The maximum absolute atomic E-state index is 14.0. The van der Waals surface area contributed by atoms with Gasteiger partial charge in [0.2, 0.25) is 27.7 Å². The zero-order valence-corrected chi connectivity index (χ0v) is 21.9. The first kappa shape index (κ1) is 27.8. The zero-order chi connectivity index (χ0) is 26.7. The highest BCUT2D eigenvalue weighted by atomic mass is 32.2. The first-order chi connectivity index (χ1) is 16.9. The van der Waals surface area contributed by atoms with Crippen molar-refractivity contribution in [3.8, 4) is 11.8 Å². The lowest BCUT2D eigenvalue weighted by Gasteiger charge is -2.41. The van der Waals surface area contributed by atoms with Gasteiger partial charge in [-0.3, -0.25) is 4.79 Å². The lowest BCUT2D eigenvalue weighted by atomic mass is 9.66. The maximum Gasteiger partial charge on any atom is 0.388 e. The van der Waals surface area contributed by atoms with Crippen molar-refractivity contribution in [3.05, 3.63) is 47.5 Å². The van der Waals surface area contributed by atoms with Crippen LogP contribution < -0.4 is 14.8 Å². The Morgan fingerprint density at radius 1 is 1.14 bits per heavy atom. The summed E-state index contributed by atoms with van der Waals surface area (Å²) in [5.41, 5.74) is 0.682. The number of nitrogens with one attached hydrogen (secondary N) is 1. The second-order valence-electron chi connectivity index (χ2n) is 9.39. The Morgan fingerprint density at radius 2 is 1.78 bits per heavy atom. The Labute approximate surface area is 211 Å². The Hall–Kier alpha value is -2.79. The van der Waals surface area contributed by atoms with E-state index in [1.165, 1.54) is 37.6 Å². The predicted molar refractivity (Wildman–Crippen MR) is 133 cm³/mol. The first-order valence-corrected chi connectivity index (χ1v) is 13.2. The summed E-state index contributed by atoms with van der Waals surface area (Å²) in [4.78, 5) is 17.9. The number of carbonyl (C=O) groups is 1. The lowest BCUT2D eigenvalue weighted by molar-refractivity contribution is -0.122. The molecule has 0 aliphatic heterocycles.